The van der Waals surface area contributed by atoms with Gasteiger partial charge in [0.25, 0.3) is 0 Å². The van der Waals surface area contributed by atoms with Gasteiger partial charge < -0.3 is 9.84 Å². The highest BCUT2D eigenvalue weighted by molar-refractivity contribution is 6.31. The number of hydrogen-bond acceptors (Lipinski definition) is 3. The van der Waals surface area contributed by atoms with Crippen LogP contribution in [0.1, 0.15) is 25.3 Å². The summed E-state index contributed by atoms with van der Waals surface area (Å²) >= 11 is 12.1. The maximum absolute atomic E-state index is 13.9. The molecule has 184 valence electrons. The van der Waals surface area contributed by atoms with E-state index in [0.717, 1.165) is 12.1 Å². The highest BCUT2D eigenvalue weighted by Gasteiger charge is 2.58. The Morgan fingerprint density at radius 2 is 1.54 bits per heavy atom. The van der Waals surface area contributed by atoms with E-state index in [2.05, 4.69) is 4.74 Å². The number of aliphatic hydroxyl groups is 1. The summed E-state index contributed by atoms with van der Waals surface area (Å²) < 4.78 is 42.8. The first-order chi connectivity index (χ1) is 16.5. The molecular formula is C25H21Cl2F3N2O3. The molecule has 0 aliphatic carbocycles. The lowest BCUT2D eigenvalue weighted by Gasteiger charge is -2.37. The first-order valence-corrected chi connectivity index (χ1v) is 11.5. The van der Waals surface area contributed by atoms with Gasteiger partial charge in [-0.1, -0.05) is 48.7 Å². The first kappa shape index (κ1) is 25.2. The smallest absolute Gasteiger partial charge is 0.406 e. The van der Waals surface area contributed by atoms with E-state index in [9.17, 15) is 23.1 Å². The second-order valence-corrected chi connectivity index (χ2v) is 8.92. The molecule has 1 heterocycles. The summed E-state index contributed by atoms with van der Waals surface area (Å²) in [6.07, 6.45) is -3.99. The zero-order chi connectivity index (χ0) is 25.4. The van der Waals surface area contributed by atoms with Crippen LogP contribution in [-0.2, 0) is 5.72 Å². The molecule has 0 saturated carbocycles. The molecule has 4 rings (SSSR count). The van der Waals surface area contributed by atoms with E-state index in [-0.39, 0.29) is 5.56 Å². The normalized spacial score (nSPS) is 20.4. The molecule has 1 N–H and O–H groups in total. The summed E-state index contributed by atoms with van der Waals surface area (Å²) in [4.78, 5) is 16.5. The molecule has 0 bridgehead atoms. The van der Waals surface area contributed by atoms with E-state index in [4.69, 9.17) is 23.2 Å². The minimum absolute atomic E-state index is 0.0671. The zero-order valence-electron chi connectivity index (χ0n) is 18.5. The van der Waals surface area contributed by atoms with Crippen LogP contribution in [0.15, 0.2) is 72.8 Å². The summed E-state index contributed by atoms with van der Waals surface area (Å²) in [5.41, 5.74) is -1.17. The van der Waals surface area contributed by atoms with Crippen LogP contribution in [0, 0.1) is 0 Å². The molecule has 5 nitrogen and oxygen atoms in total. The first-order valence-electron chi connectivity index (χ1n) is 10.8. The molecule has 0 spiro atoms. The summed E-state index contributed by atoms with van der Waals surface area (Å²) in [5.74, 6) is -0.507. The van der Waals surface area contributed by atoms with Gasteiger partial charge in [0.2, 0.25) is 0 Å². The number of rotatable bonds is 6. The Hall–Kier alpha value is -2.94. The number of alkyl halides is 3. The highest BCUT2D eigenvalue weighted by Crippen LogP contribution is 2.47. The number of anilines is 2. The predicted molar refractivity (Wildman–Crippen MR) is 129 cm³/mol. The second kappa shape index (κ2) is 9.60. The van der Waals surface area contributed by atoms with Crippen molar-refractivity contribution >= 4 is 40.6 Å². The average Bonchev–Trinajstić information content (AvgIpc) is 3.02. The Labute approximate surface area is 210 Å². The van der Waals surface area contributed by atoms with Gasteiger partial charge in [-0.05, 0) is 67.1 Å². The monoisotopic (exact) mass is 524 g/mol. The van der Waals surface area contributed by atoms with E-state index in [1.165, 1.54) is 21.9 Å². The van der Waals surface area contributed by atoms with Crippen LogP contribution in [0.4, 0.5) is 29.3 Å². The molecule has 10 heteroatoms. The topological polar surface area (TPSA) is 53.0 Å². The minimum Gasteiger partial charge on any atom is -0.406 e. The number of carbonyl (C=O) groups is 1. The van der Waals surface area contributed by atoms with Gasteiger partial charge in [-0.15, -0.1) is 13.2 Å². The lowest BCUT2D eigenvalue weighted by atomic mass is 9.90. The van der Waals surface area contributed by atoms with E-state index < -0.39 is 29.9 Å². The number of ether oxygens (including phenoxy) is 1. The van der Waals surface area contributed by atoms with Gasteiger partial charge in [-0.2, -0.15) is 0 Å². The van der Waals surface area contributed by atoms with Crippen molar-refractivity contribution in [2.24, 2.45) is 0 Å². The summed E-state index contributed by atoms with van der Waals surface area (Å²) in [6, 6.07) is 16.4. The molecular weight excluding hydrogens is 504 g/mol. The predicted octanol–water partition coefficient (Wildman–Crippen LogP) is 7.35. The summed E-state index contributed by atoms with van der Waals surface area (Å²) in [5, 5.41) is 13.2. The van der Waals surface area contributed by atoms with Crippen molar-refractivity contribution in [3.63, 3.8) is 0 Å². The lowest BCUT2D eigenvalue weighted by molar-refractivity contribution is -0.274. The zero-order valence-corrected chi connectivity index (χ0v) is 20.0. The third kappa shape index (κ3) is 4.91. The van der Waals surface area contributed by atoms with Gasteiger partial charge >= 0.3 is 12.4 Å². The maximum atomic E-state index is 13.9. The molecule has 3 aromatic carbocycles. The van der Waals surface area contributed by atoms with Crippen molar-refractivity contribution in [2.75, 3.05) is 9.80 Å². The Morgan fingerprint density at radius 1 is 0.971 bits per heavy atom. The van der Waals surface area contributed by atoms with Gasteiger partial charge in [0.1, 0.15) is 5.75 Å². The molecule has 1 unspecified atom stereocenters. The largest absolute Gasteiger partial charge is 0.573 e. The molecule has 0 radical (unpaired) electrons. The van der Waals surface area contributed by atoms with Crippen molar-refractivity contribution in [3.05, 3.63) is 88.4 Å². The van der Waals surface area contributed by atoms with E-state index in [1.807, 2.05) is 6.92 Å². The quantitative estimate of drug-likeness (QED) is 0.366. The van der Waals surface area contributed by atoms with Gasteiger partial charge in [0.15, 0.2) is 5.72 Å². The van der Waals surface area contributed by atoms with Gasteiger partial charge in [-0.3, -0.25) is 9.80 Å². The van der Waals surface area contributed by atoms with Crippen LogP contribution in [-0.4, -0.2) is 23.5 Å². The number of benzene rings is 3. The molecule has 2 amide bonds. The van der Waals surface area contributed by atoms with Gasteiger partial charge in [-0.25, -0.2) is 4.79 Å². The molecule has 3 aromatic rings. The van der Waals surface area contributed by atoms with Crippen molar-refractivity contribution in [1.82, 2.24) is 0 Å². The van der Waals surface area contributed by atoms with Gasteiger partial charge in [0.05, 0.1) is 6.04 Å². The highest BCUT2D eigenvalue weighted by atomic mass is 35.5. The summed E-state index contributed by atoms with van der Waals surface area (Å²) in [6.45, 7) is 1.89. The van der Waals surface area contributed by atoms with Gasteiger partial charge in [0, 0.05) is 27.0 Å². The van der Waals surface area contributed by atoms with Crippen LogP contribution in [0.25, 0.3) is 0 Å². The SMILES string of the molecule is CCC[C@H]1N(c2ccc(Cl)cc2)C(=O)N(c2ccc(Cl)cc2)C1(O)c1cccc(OC(F)(F)F)c1. The second-order valence-electron chi connectivity index (χ2n) is 8.05. The van der Waals surface area contributed by atoms with Crippen LogP contribution < -0.4 is 14.5 Å². The molecule has 0 aromatic heterocycles. The molecule has 1 fully saturated rings. The van der Waals surface area contributed by atoms with Crippen LogP contribution in [0.5, 0.6) is 5.75 Å². The fourth-order valence-electron chi connectivity index (χ4n) is 4.35. The molecule has 35 heavy (non-hydrogen) atoms. The number of halogens is 5. The average molecular weight is 525 g/mol. The molecule has 1 saturated heterocycles. The number of carbonyl (C=O) groups excluding carboxylic acids is 1. The Morgan fingerprint density at radius 3 is 2.09 bits per heavy atom. The van der Waals surface area contributed by atoms with Crippen molar-refractivity contribution in [3.8, 4) is 5.75 Å². The fourth-order valence-corrected chi connectivity index (χ4v) is 4.60. The third-order valence-corrected chi connectivity index (χ3v) is 6.26. The standard InChI is InChI=1S/C25H21Cl2F3N2O3/c1-2-4-22-24(34,16-5-3-6-21(15-16)35-25(28,29)30)32(20-13-9-18(27)10-14-20)23(33)31(22)19-11-7-17(26)8-12-19/h3,5-15,22,34H,2,4H2,1H3/t22-,24?/m1/s1. The maximum Gasteiger partial charge on any atom is 0.573 e. The minimum atomic E-state index is -4.92. The number of amides is 2. The van der Waals surface area contributed by atoms with Crippen LogP contribution in [0.2, 0.25) is 10.0 Å². The van der Waals surface area contributed by atoms with Crippen molar-refractivity contribution in [2.45, 2.75) is 37.9 Å². The lowest BCUT2D eigenvalue weighted by Crippen LogP contribution is -2.49. The van der Waals surface area contributed by atoms with Crippen LogP contribution in [0.3, 0.4) is 0 Å². The van der Waals surface area contributed by atoms with E-state index in [1.54, 1.807) is 48.5 Å². The number of hydrogen-bond donors (Lipinski definition) is 1. The molecule has 1 aliphatic rings. The Kier molecular flexibility index (Phi) is 6.90. The fraction of sp³-hybridized carbons (Fsp3) is 0.240. The third-order valence-electron chi connectivity index (χ3n) is 5.76. The number of urea groups is 1. The summed E-state index contributed by atoms with van der Waals surface area (Å²) in [7, 11) is 0. The van der Waals surface area contributed by atoms with E-state index in [0.29, 0.717) is 34.3 Å². The van der Waals surface area contributed by atoms with Crippen molar-refractivity contribution < 1.29 is 27.8 Å². The van der Waals surface area contributed by atoms with E-state index >= 15 is 0 Å². The molecule has 1 aliphatic heterocycles. The Bertz CT molecular complexity index is 1210. The number of nitrogens with zero attached hydrogens (tertiary/aromatic N) is 2. The molecule has 2 atom stereocenters. The Balaban J connectivity index is 1.92. The van der Waals surface area contributed by atoms with Crippen LogP contribution >= 0.6 is 23.2 Å². The van der Waals surface area contributed by atoms with Crippen molar-refractivity contribution in [1.29, 1.82) is 0 Å².